The van der Waals surface area contributed by atoms with Crippen molar-refractivity contribution in [3.05, 3.63) is 89.1 Å². The van der Waals surface area contributed by atoms with Crippen LogP contribution < -0.4 is 19.5 Å². The number of nitriles is 1. The maximum atomic E-state index is 13.2. The lowest BCUT2D eigenvalue weighted by Gasteiger charge is -2.12. The Morgan fingerprint density at radius 2 is 1.76 bits per heavy atom. The summed E-state index contributed by atoms with van der Waals surface area (Å²) >= 11 is 0. The zero-order chi connectivity index (χ0) is 26.4. The van der Waals surface area contributed by atoms with Gasteiger partial charge in [-0.05, 0) is 61.0 Å². The summed E-state index contributed by atoms with van der Waals surface area (Å²) < 4.78 is 16.2. The van der Waals surface area contributed by atoms with Crippen LogP contribution in [-0.2, 0) is 4.79 Å². The van der Waals surface area contributed by atoms with E-state index in [2.05, 4.69) is 10.3 Å². The first-order valence-electron chi connectivity index (χ1n) is 11.4. The third kappa shape index (κ3) is 5.63. The van der Waals surface area contributed by atoms with Crippen molar-refractivity contribution in [1.29, 1.82) is 5.26 Å². The summed E-state index contributed by atoms with van der Waals surface area (Å²) in [6.45, 7) is 1.57. The number of ether oxygens (including phenoxy) is 3. The molecule has 1 aromatic heterocycles. The number of aryl methyl sites for hydroxylation is 1. The lowest BCUT2D eigenvalue weighted by molar-refractivity contribution is -0.118. The average molecular weight is 496 g/mol. The van der Waals surface area contributed by atoms with E-state index in [0.29, 0.717) is 39.8 Å². The highest BCUT2D eigenvalue weighted by atomic mass is 16.5. The smallest absolute Gasteiger partial charge is 0.262 e. The summed E-state index contributed by atoms with van der Waals surface area (Å²) in [7, 11) is 3.04. The van der Waals surface area contributed by atoms with Crippen LogP contribution in [0.2, 0.25) is 0 Å². The Kier molecular flexibility index (Phi) is 7.55. The Morgan fingerprint density at radius 1 is 1.00 bits per heavy atom. The van der Waals surface area contributed by atoms with E-state index < -0.39 is 0 Å². The fourth-order valence-corrected chi connectivity index (χ4v) is 3.93. The SMILES string of the molecule is COc1ccc(NC(=O)COc2ccc(C=C(C#N)C(=O)c3c(C)[nH]c4ccccc34)cc2OC)cc1. The van der Waals surface area contributed by atoms with Gasteiger partial charge in [0.1, 0.15) is 17.4 Å². The van der Waals surface area contributed by atoms with Crippen molar-refractivity contribution in [3.8, 4) is 23.3 Å². The molecule has 8 nitrogen and oxygen atoms in total. The van der Waals surface area contributed by atoms with E-state index in [1.807, 2.05) is 37.3 Å². The number of nitrogens with zero attached hydrogens (tertiary/aromatic N) is 1. The normalized spacial score (nSPS) is 11.0. The maximum absolute atomic E-state index is 13.2. The average Bonchev–Trinajstić information content (AvgIpc) is 3.26. The van der Waals surface area contributed by atoms with Gasteiger partial charge in [0.05, 0.1) is 19.8 Å². The number of allylic oxidation sites excluding steroid dienone is 1. The molecule has 0 unspecified atom stereocenters. The molecule has 1 heterocycles. The van der Waals surface area contributed by atoms with Crippen LogP contribution in [0.3, 0.4) is 0 Å². The molecule has 186 valence electrons. The number of Topliss-reactive ketones (excluding diaryl/α,β-unsaturated/α-hetero) is 1. The molecule has 3 aromatic carbocycles. The first-order valence-corrected chi connectivity index (χ1v) is 11.4. The highest BCUT2D eigenvalue weighted by Crippen LogP contribution is 2.30. The monoisotopic (exact) mass is 495 g/mol. The number of ketones is 1. The molecule has 37 heavy (non-hydrogen) atoms. The lowest BCUT2D eigenvalue weighted by atomic mass is 9.99. The third-order valence-corrected chi connectivity index (χ3v) is 5.72. The van der Waals surface area contributed by atoms with Crippen molar-refractivity contribution < 1.29 is 23.8 Å². The number of carbonyl (C=O) groups excluding carboxylic acids is 2. The van der Waals surface area contributed by atoms with E-state index in [0.717, 1.165) is 10.9 Å². The van der Waals surface area contributed by atoms with Crippen molar-refractivity contribution in [1.82, 2.24) is 4.98 Å². The predicted octanol–water partition coefficient (Wildman–Crippen LogP) is 5.30. The minimum absolute atomic E-state index is 0.0116. The van der Waals surface area contributed by atoms with Crippen LogP contribution in [-0.4, -0.2) is 37.5 Å². The van der Waals surface area contributed by atoms with Gasteiger partial charge in [-0.3, -0.25) is 9.59 Å². The van der Waals surface area contributed by atoms with Crippen molar-refractivity contribution in [3.63, 3.8) is 0 Å². The van der Waals surface area contributed by atoms with Gasteiger partial charge in [-0.2, -0.15) is 5.26 Å². The van der Waals surface area contributed by atoms with Crippen LogP contribution >= 0.6 is 0 Å². The van der Waals surface area contributed by atoms with E-state index in [1.165, 1.54) is 13.2 Å². The summed E-state index contributed by atoms with van der Waals surface area (Å²) in [5.41, 5.74) is 3.18. The van der Waals surface area contributed by atoms with E-state index >= 15 is 0 Å². The van der Waals surface area contributed by atoms with Crippen LogP contribution in [0, 0.1) is 18.3 Å². The van der Waals surface area contributed by atoms with E-state index in [9.17, 15) is 14.9 Å². The molecular weight excluding hydrogens is 470 g/mol. The number of fused-ring (bicyclic) bond motifs is 1. The second-order valence-electron chi connectivity index (χ2n) is 8.15. The molecule has 8 heteroatoms. The number of rotatable bonds is 9. The molecule has 1 amide bonds. The van der Waals surface area contributed by atoms with Gasteiger partial charge in [0, 0.05) is 22.3 Å². The number of amides is 1. The number of para-hydroxylation sites is 1. The van der Waals surface area contributed by atoms with Gasteiger partial charge in [0.25, 0.3) is 5.91 Å². The van der Waals surface area contributed by atoms with Gasteiger partial charge in [-0.1, -0.05) is 24.3 Å². The quantitative estimate of drug-likeness (QED) is 0.185. The zero-order valence-corrected chi connectivity index (χ0v) is 20.6. The van der Waals surface area contributed by atoms with Gasteiger partial charge in [0.15, 0.2) is 18.1 Å². The molecule has 0 aliphatic heterocycles. The van der Waals surface area contributed by atoms with Crippen molar-refractivity contribution in [2.24, 2.45) is 0 Å². The van der Waals surface area contributed by atoms with E-state index in [-0.39, 0.29) is 23.9 Å². The fourth-order valence-electron chi connectivity index (χ4n) is 3.93. The van der Waals surface area contributed by atoms with Crippen molar-refractivity contribution >= 4 is 34.4 Å². The molecule has 0 saturated heterocycles. The minimum atomic E-state index is -0.369. The number of H-pyrrole nitrogens is 1. The highest BCUT2D eigenvalue weighted by Gasteiger charge is 2.20. The number of aromatic nitrogens is 1. The number of methoxy groups -OCH3 is 2. The molecule has 0 saturated carbocycles. The van der Waals surface area contributed by atoms with Crippen molar-refractivity contribution in [2.45, 2.75) is 6.92 Å². The molecule has 0 aliphatic rings. The van der Waals surface area contributed by atoms with Crippen LogP contribution in [0.4, 0.5) is 5.69 Å². The number of benzene rings is 3. The fraction of sp³-hybridized carbons (Fsp3) is 0.138. The summed E-state index contributed by atoms with van der Waals surface area (Å²) in [6, 6.07) is 21.4. The number of aromatic amines is 1. The van der Waals surface area contributed by atoms with Crippen LogP contribution in [0.5, 0.6) is 17.2 Å². The molecule has 0 bridgehead atoms. The summed E-state index contributed by atoms with van der Waals surface area (Å²) in [6.07, 6.45) is 1.51. The van der Waals surface area contributed by atoms with Gasteiger partial charge in [-0.15, -0.1) is 0 Å². The zero-order valence-electron chi connectivity index (χ0n) is 20.6. The van der Waals surface area contributed by atoms with Gasteiger partial charge in [0.2, 0.25) is 5.78 Å². The molecule has 0 aliphatic carbocycles. The molecule has 0 spiro atoms. The number of anilines is 1. The van der Waals surface area contributed by atoms with Crippen LogP contribution in [0.25, 0.3) is 17.0 Å². The van der Waals surface area contributed by atoms with Crippen molar-refractivity contribution in [2.75, 3.05) is 26.1 Å². The van der Waals surface area contributed by atoms with Gasteiger partial charge in [-0.25, -0.2) is 0 Å². The maximum Gasteiger partial charge on any atom is 0.262 e. The Bertz CT molecular complexity index is 1530. The Balaban J connectivity index is 1.49. The molecular formula is C29H25N3O5. The van der Waals surface area contributed by atoms with Crippen LogP contribution in [0.1, 0.15) is 21.6 Å². The predicted molar refractivity (Wildman–Crippen MR) is 141 cm³/mol. The topological polar surface area (TPSA) is 113 Å². The second kappa shape index (κ2) is 11.1. The summed E-state index contributed by atoms with van der Waals surface area (Å²) in [5.74, 6) is 0.682. The molecule has 0 radical (unpaired) electrons. The first kappa shape index (κ1) is 25.1. The van der Waals surface area contributed by atoms with E-state index in [1.54, 1.807) is 49.6 Å². The summed E-state index contributed by atoms with van der Waals surface area (Å²) in [5, 5.41) is 13.2. The van der Waals surface area contributed by atoms with Crippen LogP contribution in [0.15, 0.2) is 72.3 Å². The molecule has 2 N–H and O–H groups in total. The Morgan fingerprint density at radius 3 is 2.46 bits per heavy atom. The number of carbonyl (C=O) groups is 2. The second-order valence-corrected chi connectivity index (χ2v) is 8.15. The Labute approximate surface area is 214 Å². The molecule has 4 rings (SSSR count). The largest absolute Gasteiger partial charge is 0.497 e. The lowest BCUT2D eigenvalue weighted by Crippen LogP contribution is -2.20. The molecule has 4 aromatic rings. The summed E-state index contributed by atoms with van der Waals surface area (Å²) in [4.78, 5) is 28.7. The third-order valence-electron chi connectivity index (χ3n) is 5.72. The first-order chi connectivity index (χ1) is 17.9. The van der Waals surface area contributed by atoms with Gasteiger partial charge < -0.3 is 24.5 Å². The van der Waals surface area contributed by atoms with Gasteiger partial charge >= 0.3 is 0 Å². The molecule has 0 fully saturated rings. The number of hydrogen-bond acceptors (Lipinski definition) is 6. The van der Waals surface area contributed by atoms with E-state index in [4.69, 9.17) is 14.2 Å². The Hall–Kier alpha value is -5.03. The molecule has 0 atom stereocenters. The minimum Gasteiger partial charge on any atom is -0.497 e. The highest BCUT2D eigenvalue weighted by molar-refractivity contribution is 6.20. The standard InChI is InChI=1S/C29H25N3O5/c1-18-28(23-6-4-5-7-24(23)31-18)29(34)20(16-30)14-19-8-13-25(26(15-19)36-3)37-17-27(33)32-21-9-11-22(35-2)12-10-21/h4-15,31H,17H2,1-3H3,(H,32,33). The number of hydrogen-bond donors (Lipinski definition) is 2. The number of nitrogens with one attached hydrogen (secondary N) is 2.